The predicted octanol–water partition coefficient (Wildman–Crippen LogP) is 1.06. The largest absolute Gasteiger partial charge is 0.351 e. The molecule has 1 fully saturated rings. The normalized spacial score (nSPS) is 23.7. The predicted molar refractivity (Wildman–Crippen MR) is 73.2 cm³/mol. The number of anilines is 1. The fraction of sp³-hybridized carbons (Fsp3) is 0.750. The maximum atomic E-state index is 11.3. The zero-order chi connectivity index (χ0) is 14.2. The van der Waals surface area contributed by atoms with Gasteiger partial charge in [0, 0.05) is 26.2 Å². The summed E-state index contributed by atoms with van der Waals surface area (Å²) >= 11 is 0. The van der Waals surface area contributed by atoms with Crippen LogP contribution in [-0.2, 0) is 13.5 Å². The Morgan fingerprint density at radius 2 is 2.26 bits per heavy atom. The molecule has 2 rings (SSSR count). The molecule has 0 saturated carbocycles. The molecule has 2 heterocycles. The van der Waals surface area contributed by atoms with Gasteiger partial charge in [0.2, 0.25) is 5.82 Å². The lowest BCUT2D eigenvalue weighted by molar-refractivity contribution is -0.384. The second-order valence-electron chi connectivity index (χ2n) is 5.23. The van der Waals surface area contributed by atoms with Gasteiger partial charge < -0.3 is 10.6 Å². The smallest absolute Gasteiger partial charge is 0.334 e. The van der Waals surface area contributed by atoms with Crippen molar-refractivity contribution in [1.29, 1.82) is 0 Å². The second-order valence-corrected chi connectivity index (χ2v) is 5.23. The van der Waals surface area contributed by atoms with Gasteiger partial charge in [-0.2, -0.15) is 5.10 Å². The van der Waals surface area contributed by atoms with Crippen molar-refractivity contribution in [2.75, 3.05) is 18.0 Å². The number of hydrogen-bond acceptors (Lipinski definition) is 5. The van der Waals surface area contributed by atoms with Crippen LogP contribution in [0.5, 0.6) is 0 Å². The van der Waals surface area contributed by atoms with E-state index in [2.05, 4.69) is 12.0 Å². The van der Waals surface area contributed by atoms with Crippen molar-refractivity contribution < 1.29 is 4.92 Å². The Hall–Kier alpha value is -1.63. The highest BCUT2D eigenvalue weighted by molar-refractivity contribution is 5.62. The number of nitrogens with zero attached hydrogens (tertiary/aromatic N) is 4. The van der Waals surface area contributed by atoms with Crippen LogP contribution < -0.4 is 10.6 Å². The lowest BCUT2D eigenvalue weighted by Gasteiger charge is -2.35. The average molecular weight is 267 g/mol. The van der Waals surface area contributed by atoms with Gasteiger partial charge in [0.05, 0.1) is 4.92 Å². The Labute approximate surface area is 112 Å². The van der Waals surface area contributed by atoms with Gasteiger partial charge in [-0.1, -0.05) is 13.8 Å². The Bertz CT molecular complexity index is 485. The highest BCUT2D eigenvalue weighted by Crippen LogP contribution is 2.34. The number of rotatable bonds is 3. The fourth-order valence-corrected chi connectivity index (χ4v) is 2.69. The van der Waals surface area contributed by atoms with Crippen molar-refractivity contribution in [3.8, 4) is 0 Å². The molecule has 7 nitrogen and oxygen atoms in total. The number of nitrogens with two attached hydrogens (primary N) is 1. The van der Waals surface area contributed by atoms with E-state index in [9.17, 15) is 10.1 Å². The highest BCUT2D eigenvalue weighted by atomic mass is 16.6. The minimum Gasteiger partial charge on any atom is -0.351 e. The van der Waals surface area contributed by atoms with E-state index in [0.29, 0.717) is 23.9 Å². The molecule has 1 aromatic heterocycles. The minimum absolute atomic E-state index is 0.146. The van der Waals surface area contributed by atoms with Crippen LogP contribution in [0.15, 0.2) is 0 Å². The topological polar surface area (TPSA) is 90.2 Å². The van der Waals surface area contributed by atoms with Gasteiger partial charge in [0.25, 0.3) is 0 Å². The lowest BCUT2D eigenvalue weighted by Crippen LogP contribution is -2.46. The molecule has 0 aliphatic carbocycles. The third-order valence-corrected chi connectivity index (χ3v) is 3.85. The third kappa shape index (κ3) is 2.42. The zero-order valence-electron chi connectivity index (χ0n) is 11.7. The monoisotopic (exact) mass is 267 g/mol. The summed E-state index contributed by atoms with van der Waals surface area (Å²) in [5.41, 5.74) is 6.70. The molecular formula is C12H21N5O2. The van der Waals surface area contributed by atoms with Crippen molar-refractivity contribution in [3.63, 3.8) is 0 Å². The van der Waals surface area contributed by atoms with Gasteiger partial charge in [-0.3, -0.25) is 10.1 Å². The fourth-order valence-electron chi connectivity index (χ4n) is 2.69. The molecular weight excluding hydrogens is 246 g/mol. The maximum Gasteiger partial charge on any atom is 0.334 e. The van der Waals surface area contributed by atoms with E-state index >= 15 is 0 Å². The molecule has 1 saturated heterocycles. The Morgan fingerprint density at radius 3 is 2.79 bits per heavy atom. The van der Waals surface area contributed by atoms with Crippen LogP contribution in [-0.4, -0.2) is 33.8 Å². The number of piperidine rings is 1. The van der Waals surface area contributed by atoms with Gasteiger partial charge in [-0.25, -0.2) is 4.68 Å². The standard InChI is InChI=1S/C12H21N5O2/c1-4-10-11(17(18)19)12(15(3)14-10)16-6-5-9(13)8(2)7-16/h8-9H,4-7,13H2,1-3H3. The first-order chi connectivity index (χ1) is 8.95. The number of hydrogen-bond donors (Lipinski definition) is 1. The van der Waals surface area contributed by atoms with E-state index in [-0.39, 0.29) is 16.7 Å². The van der Waals surface area contributed by atoms with E-state index in [4.69, 9.17) is 5.73 Å². The molecule has 1 aliphatic rings. The Morgan fingerprint density at radius 1 is 1.58 bits per heavy atom. The molecule has 1 aromatic rings. The molecule has 7 heteroatoms. The van der Waals surface area contributed by atoms with Gasteiger partial charge in [-0.05, 0) is 18.8 Å². The summed E-state index contributed by atoms with van der Waals surface area (Å²) in [6.07, 6.45) is 1.41. The Kier molecular flexibility index (Phi) is 3.75. The average Bonchev–Trinajstić information content (AvgIpc) is 2.70. The van der Waals surface area contributed by atoms with Crippen molar-refractivity contribution in [2.24, 2.45) is 18.7 Å². The van der Waals surface area contributed by atoms with Crippen LogP contribution in [0.3, 0.4) is 0 Å². The summed E-state index contributed by atoms with van der Waals surface area (Å²) in [7, 11) is 1.76. The summed E-state index contributed by atoms with van der Waals surface area (Å²) in [5.74, 6) is 0.939. The molecule has 1 aliphatic heterocycles. The first-order valence-electron chi connectivity index (χ1n) is 6.66. The van der Waals surface area contributed by atoms with Crippen LogP contribution >= 0.6 is 0 Å². The summed E-state index contributed by atoms with van der Waals surface area (Å²) < 4.78 is 1.63. The van der Waals surface area contributed by atoms with Crippen LogP contribution in [0, 0.1) is 16.0 Å². The van der Waals surface area contributed by atoms with Crippen molar-refractivity contribution in [3.05, 3.63) is 15.8 Å². The van der Waals surface area contributed by atoms with Crippen LogP contribution in [0.25, 0.3) is 0 Å². The Balaban J connectivity index is 2.39. The molecule has 2 unspecified atom stereocenters. The van der Waals surface area contributed by atoms with Crippen molar-refractivity contribution in [2.45, 2.75) is 32.7 Å². The van der Waals surface area contributed by atoms with E-state index < -0.39 is 0 Å². The van der Waals surface area contributed by atoms with Gasteiger partial charge in [0.15, 0.2) is 0 Å². The lowest BCUT2D eigenvalue weighted by atomic mass is 9.95. The van der Waals surface area contributed by atoms with Gasteiger partial charge in [-0.15, -0.1) is 0 Å². The summed E-state index contributed by atoms with van der Waals surface area (Å²) in [6.45, 7) is 5.45. The first kappa shape index (κ1) is 13.8. The van der Waals surface area contributed by atoms with E-state index in [1.807, 2.05) is 11.8 Å². The second kappa shape index (κ2) is 5.16. The number of aryl methyl sites for hydroxylation is 2. The molecule has 19 heavy (non-hydrogen) atoms. The van der Waals surface area contributed by atoms with Crippen molar-refractivity contribution in [1.82, 2.24) is 9.78 Å². The van der Waals surface area contributed by atoms with E-state index in [1.165, 1.54) is 0 Å². The van der Waals surface area contributed by atoms with Gasteiger partial charge in [0.1, 0.15) is 5.69 Å². The highest BCUT2D eigenvalue weighted by Gasteiger charge is 2.33. The summed E-state index contributed by atoms with van der Waals surface area (Å²) in [6, 6.07) is 0.175. The summed E-state index contributed by atoms with van der Waals surface area (Å²) in [5, 5.41) is 15.6. The van der Waals surface area contributed by atoms with E-state index in [1.54, 1.807) is 11.7 Å². The molecule has 0 radical (unpaired) electrons. The van der Waals surface area contributed by atoms with Crippen LogP contribution in [0.2, 0.25) is 0 Å². The van der Waals surface area contributed by atoms with Gasteiger partial charge >= 0.3 is 5.69 Å². The molecule has 0 amide bonds. The molecule has 106 valence electrons. The quantitative estimate of drug-likeness (QED) is 0.653. The first-order valence-corrected chi connectivity index (χ1v) is 6.66. The maximum absolute atomic E-state index is 11.3. The molecule has 0 bridgehead atoms. The minimum atomic E-state index is -0.319. The molecule has 0 spiro atoms. The zero-order valence-corrected chi connectivity index (χ0v) is 11.7. The van der Waals surface area contributed by atoms with Crippen LogP contribution in [0.1, 0.15) is 26.0 Å². The SMILES string of the molecule is CCc1nn(C)c(N2CCC(N)C(C)C2)c1[N+](=O)[O-]. The molecule has 2 N–H and O–H groups in total. The number of nitro groups is 1. The summed E-state index contributed by atoms with van der Waals surface area (Å²) in [4.78, 5) is 13.0. The third-order valence-electron chi connectivity index (χ3n) is 3.85. The molecule has 2 atom stereocenters. The van der Waals surface area contributed by atoms with Crippen molar-refractivity contribution >= 4 is 11.5 Å². The van der Waals surface area contributed by atoms with Crippen LogP contribution in [0.4, 0.5) is 11.5 Å². The number of aromatic nitrogens is 2. The van der Waals surface area contributed by atoms with E-state index in [0.717, 1.165) is 19.5 Å². The molecule has 0 aromatic carbocycles.